The van der Waals surface area contributed by atoms with Crippen LogP contribution in [-0.4, -0.2) is 34.6 Å². The van der Waals surface area contributed by atoms with Crippen molar-refractivity contribution in [2.24, 2.45) is 5.10 Å². The standard InChI is InChI=1S/C18H25N5O3/c1-11(2)26-14-9-12(7-8-13(14)25-6)10-19-22-16-15(18(3,4)5)21-23-17(24)20-16/h7-11H,1-6H3,(H2,20,22,23,24)/b19-10+. The molecule has 140 valence electrons. The van der Waals surface area contributed by atoms with Crippen molar-refractivity contribution in [3.63, 3.8) is 0 Å². The highest BCUT2D eigenvalue weighted by molar-refractivity contribution is 5.81. The number of hydrogen-bond donors (Lipinski definition) is 2. The molecule has 0 aliphatic rings. The van der Waals surface area contributed by atoms with E-state index in [0.717, 1.165) is 5.56 Å². The largest absolute Gasteiger partial charge is 0.493 e. The van der Waals surface area contributed by atoms with E-state index in [0.29, 0.717) is 23.0 Å². The van der Waals surface area contributed by atoms with Gasteiger partial charge in [0.05, 0.1) is 19.4 Å². The molecule has 26 heavy (non-hydrogen) atoms. The van der Waals surface area contributed by atoms with E-state index in [1.54, 1.807) is 13.3 Å². The van der Waals surface area contributed by atoms with Gasteiger partial charge < -0.3 is 9.47 Å². The molecule has 0 spiro atoms. The average molecular weight is 359 g/mol. The van der Waals surface area contributed by atoms with Crippen molar-refractivity contribution in [3.8, 4) is 11.5 Å². The normalized spacial score (nSPS) is 11.8. The van der Waals surface area contributed by atoms with Crippen LogP contribution in [0.4, 0.5) is 5.82 Å². The number of aromatic nitrogens is 3. The van der Waals surface area contributed by atoms with Gasteiger partial charge in [-0.2, -0.15) is 15.2 Å². The molecule has 1 aromatic carbocycles. The summed E-state index contributed by atoms with van der Waals surface area (Å²) in [5, 5.41) is 10.6. The van der Waals surface area contributed by atoms with Gasteiger partial charge in [0, 0.05) is 5.41 Å². The second-order valence-corrected chi connectivity index (χ2v) is 7.03. The van der Waals surface area contributed by atoms with Crippen LogP contribution in [0, 0.1) is 0 Å². The van der Waals surface area contributed by atoms with E-state index in [1.807, 2.05) is 52.8 Å². The lowest BCUT2D eigenvalue weighted by Crippen LogP contribution is -2.24. The Hall–Kier alpha value is -2.90. The van der Waals surface area contributed by atoms with Crippen molar-refractivity contribution >= 4 is 12.0 Å². The Balaban J connectivity index is 2.24. The zero-order valence-corrected chi connectivity index (χ0v) is 16.0. The molecule has 2 rings (SSSR count). The van der Waals surface area contributed by atoms with E-state index in [2.05, 4.69) is 25.7 Å². The number of nitrogens with zero attached hydrogens (tertiary/aromatic N) is 3. The zero-order chi connectivity index (χ0) is 19.3. The summed E-state index contributed by atoms with van der Waals surface area (Å²) in [6.07, 6.45) is 1.64. The molecule has 0 unspecified atom stereocenters. The van der Waals surface area contributed by atoms with Crippen molar-refractivity contribution in [1.29, 1.82) is 0 Å². The molecule has 0 saturated heterocycles. The maximum atomic E-state index is 11.5. The van der Waals surface area contributed by atoms with Crippen LogP contribution < -0.4 is 20.6 Å². The zero-order valence-electron chi connectivity index (χ0n) is 16.0. The minimum absolute atomic E-state index is 0.0230. The summed E-state index contributed by atoms with van der Waals surface area (Å²) in [6.45, 7) is 9.82. The first kappa shape index (κ1) is 19.4. The SMILES string of the molecule is COc1ccc(/C=N/Nc2nc(=O)[nH]nc2C(C)(C)C)cc1OC(C)C. The van der Waals surface area contributed by atoms with Crippen molar-refractivity contribution < 1.29 is 9.47 Å². The van der Waals surface area contributed by atoms with Gasteiger partial charge in [-0.15, -0.1) is 0 Å². The molecule has 0 bridgehead atoms. The Labute approximate surface area is 152 Å². The van der Waals surface area contributed by atoms with Gasteiger partial charge in [0.25, 0.3) is 0 Å². The van der Waals surface area contributed by atoms with Crippen LogP contribution in [-0.2, 0) is 5.41 Å². The average Bonchev–Trinajstić information content (AvgIpc) is 2.53. The third-order valence-corrected chi connectivity index (χ3v) is 3.35. The number of ether oxygens (including phenoxy) is 2. The summed E-state index contributed by atoms with van der Waals surface area (Å²) >= 11 is 0. The highest BCUT2D eigenvalue weighted by Gasteiger charge is 2.21. The van der Waals surface area contributed by atoms with E-state index in [-0.39, 0.29) is 11.5 Å². The number of nitrogens with one attached hydrogen (secondary N) is 2. The van der Waals surface area contributed by atoms with Crippen molar-refractivity contribution in [2.75, 3.05) is 12.5 Å². The van der Waals surface area contributed by atoms with Gasteiger partial charge in [0.2, 0.25) is 0 Å². The highest BCUT2D eigenvalue weighted by atomic mass is 16.5. The maximum absolute atomic E-state index is 11.5. The van der Waals surface area contributed by atoms with Crippen LogP contribution in [0.1, 0.15) is 45.9 Å². The number of H-pyrrole nitrogens is 1. The van der Waals surface area contributed by atoms with Gasteiger partial charge in [-0.05, 0) is 37.6 Å². The molecule has 1 aromatic heterocycles. The van der Waals surface area contributed by atoms with Gasteiger partial charge in [0.1, 0.15) is 5.69 Å². The fourth-order valence-electron chi connectivity index (χ4n) is 2.22. The van der Waals surface area contributed by atoms with Crippen LogP contribution in [0.3, 0.4) is 0 Å². The quantitative estimate of drug-likeness (QED) is 0.607. The monoisotopic (exact) mass is 359 g/mol. The lowest BCUT2D eigenvalue weighted by atomic mass is 9.92. The molecule has 8 heteroatoms. The van der Waals surface area contributed by atoms with Crippen LogP contribution in [0.15, 0.2) is 28.1 Å². The summed E-state index contributed by atoms with van der Waals surface area (Å²) in [4.78, 5) is 15.4. The first-order chi connectivity index (χ1) is 12.2. The Bertz CT molecular complexity index is 837. The molecule has 1 heterocycles. The number of aromatic amines is 1. The summed E-state index contributed by atoms with van der Waals surface area (Å²) in [6, 6.07) is 5.50. The molecule has 2 N–H and O–H groups in total. The molecule has 0 amide bonds. The Morgan fingerprint density at radius 2 is 2.00 bits per heavy atom. The number of hydrogen-bond acceptors (Lipinski definition) is 7. The van der Waals surface area contributed by atoms with Gasteiger partial charge in [-0.1, -0.05) is 20.8 Å². The molecule has 0 aliphatic carbocycles. The molecule has 0 radical (unpaired) electrons. The molecule has 0 saturated carbocycles. The number of benzene rings is 1. The van der Waals surface area contributed by atoms with Gasteiger partial charge >= 0.3 is 5.69 Å². The van der Waals surface area contributed by atoms with Crippen LogP contribution in [0.2, 0.25) is 0 Å². The third-order valence-electron chi connectivity index (χ3n) is 3.35. The summed E-state index contributed by atoms with van der Waals surface area (Å²) in [5.74, 6) is 1.61. The van der Waals surface area contributed by atoms with Gasteiger partial charge in [-0.25, -0.2) is 9.89 Å². The van der Waals surface area contributed by atoms with Crippen LogP contribution >= 0.6 is 0 Å². The molecule has 0 fully saturated rings. The minimum atomic E-state index is -0.534. The van der Waals surface area contributed by atoms with Crippen molar-refractivity contribution in [3.05, 3.63) is 39.9 Å². The van der Waals surface area contributed by atoms with E-state index in [1.165, 1.54) is 0 Å². The molecule has 8 nitrogen and oxygen atoms in total. The number of rotatable bonds is 6. The fraction of sp³-hybridized carbons (Fsp3) is 0.444. The van der Waals surface area contributed by atoms with E-state index in [4.69, 9.17) is 9.47 Å². The topological polar surface area (TPSA) is 101 Å². The van der Waals surface area contributed by atoms with Crippen molar-refractivity contribution in [1.82, 2.24) is 15.2 Å². The molecule has 0 atom stereocenters. The number of hydrazone groups is 1. The Kier molecular flexibility index (Phi) is 5.97. The lowest BCUT2D eigenvalue weighted by Gasteiger charge is -2.18. The van der Waals surface area contributed by atoms with E-state index >= 15 is 0 Å². The fourth-order valence-corrected chi connectivity index (χ4v) is 2.22. The molecule has 0 aliphatic heterocycles. The summed E-state index contributed by atoms with van der Waals surface area (Å²) < 4.78 is 11.0. The molecular formula is C18H25N5O3. The van der Waals surface area contributed by atoms with Crippen LogP contribution in [0.25, 0.3) is 0 Å². The van der Waals surface area contributed by atoms with E-state index < -0.39 is 5.69 Å². The number of anilines is 1. The predicted octanol–water partition coefficient (Wildman–Crippen LogP) is 2.70. The summed E-state index contributed by atoms with van der Waals surface area (Å²) in [5.41, 5.74) is 3.40. The smallest absolute Gasteiger partial charge is 0.363 e. The molecule has 2 aromatic rings. The Morgan fingerprint density at radius 1 is 1.27 bits per heavy atom. The third kappa shape index (κ3) is 5.05. The minimum Gasteiger partial charge on any atom is -0.493 e. The second kappa shape index (κ2) is 7.99. The Morgan fingerprint density at radius 3 is 2.62 bits per heavy atom. The maximum Gasteiger partial charge on any atom is 0.363 e. The van der Waals surface area contributed by atoms with Gasteiger partial charge in [-0.3, -0.25) is 5.43 Å². The lowest BCUT2D eigenvalue weighted by molar-refractivity contribution is 0.230. The van der Waals surface area contributed by atoms with Crippen molar-refractivity contribution in [2.45, 2.75) is 46.1 Å². The second-order valence-electron chi connectivity index (χ2n) is 7.03. The van der Waals surface area contributed by atoms with Gasteiger partial charge in [0.15, 0.2) is 17.3 Å². The van der Waals surface area contributed by atoms with E-state index in [9.17, 15) is 4.79 Å². The summed E-state index contributed by atoms with van der Waals surface area (Å²) in [7, 11) is 1.59. The first-order valence-corrected chi connectivity index (χ1v) is 8.31. The number of methoxy groups -OCH3 is 1. The highest BCUT2D eigenvalue weighted by Crippen LogP contribution is 2.28. The first-order valence-electron chi connectivity index (χ1n) is 8.31. The molecular weight excluding hydrogens is 334 g/mol. The van der Waals surface area contributed by atoms with Crippen LogP contribution in [0.5, 0.6) is 11.5 Å². The predicted molar refractivity (Wildman–Crippen MR) is 101 cm³/mol.